The summed E-state index contributed by atoms with van der Waals surface area (Å²) in [5.41, 5.74) is 0.680. The van der Waals surface area contributed by atoms with Gasteiger partial charge in [-0.05, 0) is 30.2 Å². The zero-order chi connectivity index (χ0) is 11.2. The van der Waals surface area contributed by atoms with Crippen LogP contribution in [0.5, 0.6) is 0 Å². The fourth-order valence-electron chi connectivity index (χ4n) is 1.33. The molecule has 0 bridgehead atoms. The molecule has 0 saturated carbocycles. The molecule has 1 nitrogen and oxygen atoms in total. The van der Waals surface area contributed by atoms with E-state index in [2.05, 4.69) is 52.6 Å². The first-order valence-corrected chi connectivity index (χ1v) is 5.67. The van der Waals surface area contributed by atoms with Gasteiger partial charge in [0.2, 0.25) is 0 Å². The van der Waals surface area contributed by atoms with Gasteiger partial charge in [-0.1, -0.05) is 40.7 Å². The topological polar surface area (TPSA) is 12.0 Å². The Kier molecular flexibility index (Phi) is 5.43. The molecule has 0 saturated heterocycles. The molecule has 0 aliphatic rings. The maximum absolute atomic E-state index is 3.95. The molecular weight excluding hydrogens is 170 g/mol. The third kappa shape index (κ3) is 6.20. The van der Waals surface area contributed by atoms with E-state index in [1.54, 1.807) is 0 Å². The summed E-state index contributed by atoms with van der Waals surface area (Å²) in [6.07, 6.45) is 4.56. The lowest BCUT2D eigenvalue weighted by atomic mass is 9.79. The van der Waals surface area contributed by atoms with Gasteiger partial charge < -0.3 is 5.32 Å². The van der Waals surface area contributed by atoms with Gasteiger partial charge in [0.15, 0.2) is 0 Å². The van der Waals surface area contributed by atoms with Gasteiger partial charge in [-0.25, -0.2) is 0 Å². The molecule has 0 fully saturated rings. The summed E-state index contributed by atoms with van der Waals surface area (Å²) in [4.78, 5) is 0. The van der Waals surface area contributed by atoms with E-state index >= 15 is 0 Å². The summed E-state index contributed by atoms with van der Waals surface area (Å²) in [6.45, 7) is 17.4. The summed E-state index contributed by atoms with van der Waals surface area (Å²) in [5.74, 6) is 0. The molecule has 1 N–H and O–H groups in total. The molecule has 0 aromatic rings. The van der Waals surface area contributed by atoms with E-state index in [0.29, 0.717) is 5.41 Å². The van der Waals surface area contributed by atoms with E-state index in [-0.39, 0.29) is 5.41 Å². The molecule has 0 aromatic heterocycles. The molecule has 0 aliphatic heterocycles. The average molecular weight is 197 g/mol. The van der Waals surface area contributed by atoms with E-state index < -0.39 is 0 Å². The highest BCUT2D eigenvalue weighted by molar-refractivity contribution is 4.93. The normalized spacial score (nSPS) is 16.4. The average Bonchev–Trinajstić information content (AvgIpc) is 2.10. The van der Waals surface area contributed by atoms with Crippen LogP contribution in [0.15, 0.2) is 12.7 Å². The first-order valence-electron chi connectivity index (χ1n) is 5.67. The molecule has 84 valence electrons. The zero-order valence-corrected chi connectivity index (χ0v) is 10.6. The van der Waals surface area contributed by atoms with Crippen molar-refractivity contribution in [3.05, 3.63) is 12.7 Å². The van der Waals surface area contributed by atoms with Crippen LogP contribution in [0.3, 0.4) is 0 Å². The molecule has 0 radical (unpaired) electrons. The quantitative estimate of drug-likeness (QED) is 0.641. The molecule has 0 amide bonds. The molecule has 1 atom stereocenters. The maximum atomic E-state index is 3.95. The van der Waals surface area contributed by atoms with Crippen molar-refractivity contribution in [3.8, 4) is 0 Å². The van der Waals surface area contributed by atoms with Crippen molar-refractivity contribution in [3.63, 3.8) is 0 Å². The first kappa shape index (κ1) is 13.7. The van der Waals surface area contributed by atoms with Crippen molar-refractivity contribution >= 4 is 0 Å². The molecule has 0 heterocycles. The van der Waals surface area contributed by atoms with Crippen molar-refractivity contribution in [2.75, 3.05) is 13.1 Å². The molecule has 0 aliphatic carbocycles. The fourth-order valence-corrected chi connectivity index (χ4v) is 1.33. The van der Waals surface area contributed by atoms with E-state index in [4.69, 9.17) is 0 Å². The number of nitrogens with one attached hydrogen (secondary N) is 1. The zero-order valence-electron chi connectivity index (χ0n) is 10.6. The van der Waals surface area contributed by atoms with Crippen LogP contribution in [0.4, 0.5) is 0 Å². The molecular formula is C13H27N. The first-order chi connectivity index (χ1) is 6.33. The van der Waals surface area contributed by atoms with Crippen LogP contribution in [-0.2, 0) is 0 Å². The molecule has 1 heteroatoms. The van der Waals surface area contributed by atoms with Gasteiger partial charge >= 0.3 is 0 Å². The molecule has 0 spiro atoms. The summed E-state index contributed by atoms with van der Waals surface area (Å²) < 4.78 is 0. The standard InChI is InChI=1S/C13H27N/c1-7-13(6,11-14-8-2)10-9-12(3,4)5/h7,14H,1,8-11H2,2-6H3. The Morgan fingerprint density at radius 1 is 1.14 bits per heavy atom. The molecule has 0 rings (SSSR count). The van der Waals surface area contributed by atoms with Gasteiger partial charge in [-0.3, -0.25) is 0 Å². The third-order valence-electron chi connectivity index (χ3n) is 2.72. The minimum atomic E-state index is 0.253. The summed E-state index contributed by atoms with van der Waals surface area (Å²) >= 11 is 0. The molecule has 0 aromatic carbocycles. The highest BCUT2D eigenvalue weighted by Crippen LogP contribution is 2.30. The minimum absolute atomic E-state index is 0.253. The maximum Gasteiger partial charge on any atom is 0.00396 e. The van der Waals surface area contributed by atoms with E-state index in [9.17, 15) is 0 Å². The van der Waals surface area contributed by atoms with Crippen molar-refractivity contribution in [1.29, 1.82) is 0 Å². The van der Waals surface area contributed by atoms with Crippen LogP contribution >= 0.6 is 0 Å². The second-order valence-electron chi connectivity index (χ2n) is 5.70. The minimum Gasteiger partial charge on any atom is -0.316 e. The van der Waals surface area contributed by atoms with Crippen molar-refractivity contribution in [1.82, 2.24) is 5.32 Å². The van der Waals surface area contributed by atoms with E-state index in [0.717, 1.165) is 13.1 Å². The number of rotatable bonds is 6. The van der Waals surface area contributed by atoms with Crippen LogP contribution in [0, 0.1) is 10.8 Å². The second-order valence-corrected chi connectivity index (χ2v) is 5.70. The van der Waals surface area contributed by atoms with Crippen LogP contribution in [-0.4, -0.2) is 13.1 Å². The second kappa shape index (κ2) is 5.55. The smallest absolute Gasteiger partial charge is 0.00396 e. The van der Waals surface area contributed by atoms with E-state index in [1.807, 2.05) is 0 Å². The van der Waals surface area contributed by atoms with Crippen molar-refractivity contribution < 1.29 is 0 Å². The Bertz CT molecular complexity index is 167. The lowest BCUT2D eigenvalue weighted by Gasteiger charge is -2.29. The fraction of sp³-hybridized carbons (Fsp3) is 0.846. The lowest BCUT2D eigenvalue weighted by Crippen LogP contribution is -2.31. The summed E-state index contributed by atoms with van der Waals surface area (Å²) in [6, 6.07) is 0. The van der Waals surface area contributed by atoms with Gasteiger partial charge in [0, 0.05) is 6.54 Å². The van der Waals surface area contributed by atoms with Crippen LogP contribution < -0.4 is 5.32 Å². The summed E-state index contributed by atoms with van der Waals surface area (Å²) in [7, 11) is 0. The lowest BCUT2D eigenvalue weighted by molar-refractivity contribution is 0.277. The van der Waals surface area contributed by atoms with Gasteiger partial charge in [0.05, 0.1) is 0 Å². The highest BCUT2D eigenvalue weighted by Gasteiger charge is 2.22. The van der Waals surface area contributed by atoms with E-state index in [1.165, 1.54) is 12.8 Å². The Labute approximate surface area is 90.0 Å². The predicted molar refractivity (Wildman–Crippen MR) is 65.5 cm³/mol. The van der Waals surface area contributed by atoms with Gasteiger partial charge in [-0.15, -0.1) is 6.58 Å². The van der Waals surface area contributed by atoms with Crippen molar-refractivity contribution in [2.45, 2.75) is 47.5 Å². The molecule has 1 unspecified atom stereocenters. The summed E-state index contributed by atoms with van der Waals surface area (Å²) in [5, 5.41) is 3.40. The van der Waals surface area contributed by atoms with Gasteiger partial charge in [0.25, 0.3) is 0 Å². The Hall–Kier alpha value is -0.300. The largest absolute Gasteiger partial charge is 0.316 e. The van der Waals surface area contributed by atoms with Crippen LogP contribution in [0.25, 0.3) is 0 Å². The highest BCUT2D eigenvalue weighted by atomic mass is 14.9. The van der Waals surface area contributed by atoms with Crippen LogP contribution in [0.1, 0.15) is 47.5 Å². The van der Waals surface area contributed by atoms with Gasteiger partial charge in [0.1, 0.15) is 0 Å². The molecule has 14 heavy (non-hydrogen) atoms. The number of hydrogen-bond acceptors (Lipinski definition) is 1. The Balaban J connectivity index is 4.05. The Morgan fingerprint density at radius 3 is 2.07 bits per heavy atom. The van der Waals surface area contributed by atoms with Crippen molar-refractivity contribution in [2.24, 2.45) is 10.8 Å². The predicted octanol–water partition coefficient (Wildman–Crippen LogP) is 3.61. The monoisotopic (exact) mass is 197 g/mol. The third-order valence-corrected chi connectivity index (χ3v) is 2.72. The van der Waals surface area contributed by atoms with Crippen LogP contribution in [0.2, 0.25) is 0 Å². The Morgan fingerprint density at radius 2 is 1.71 bits per heavy atom. The number of hydrogen-bond donors (Lipinski definition) is 1. The SMILES string of the molecule is C=CC(C)(CCC(C)(C)C)CNCC. The van der Waals surface area contributed by atoms with Gasteiger partial charge in [-0.2, -0.15) is 0 Å².